The molecule has 0 saturated heterocycles. The minimum absolute atomic E-state index is 0.107. The van der Waals surface area contributed by atoms with Crippen molar-refractivity contribution in [2.75, 3.05) is 18.0 Å². The SMILES string of the molecule is C=CCN1C(=CC=CC2=[N+](CC=C)c3ccc(CCCCC)cc3C2(C)C)C(C)(C)c2cc(Cl)c(Cl)cc21. The fraction of sp³-hybridized carbons (Fsp3) is 0.382. The smallest absolute Gasteiger partial charge is 0.210 e. The number of anilines is 1. The summed E-state index contributed by atoms with van der Waals surface area (Å²) >= 11 is 12.9. The molecule has 0 amide bonds. The van der Waals surface area contributed by atoms with Crippen LogP contribution < -0.4 is 4.90 Å². The van der Waals surface area contributed by atoms with E-state index in [2.05, 4.69) is 93.7 Å². The number of hydrogen-bond acceptors (Lipinski definition) is 1. The van der Waals surface area contributed by atoms with Gasteiger partial charge in [-0.15, -0.1) is 6.58 Å². The first-order chi connectivity index (χ1) is 18.1. The van der Waals surface area contributed by atoms with Crippen molar-refractivity contribution in [1.29, 1.82) is 0 Å². The third kappa shape index (κ3) is 5.06. The molecule has 0 saturated carbocycles. The lowest BCUT2D eigenvalue weighted by Gasteiger charge is -2.26. The second kappa shape index (κ2) is 11.3. The Morgan fingerprint density at radius 1 is 0.921 bits per heavy atom. The number of allylic oxidation sites excluding steroid dienone is 4. The highest BCUT2D eigenvalue weighted by Gasteiger charge is 2.44. The molecule has 0 aliphatic carbocycles. The molecule has 2 aliphatic rings. The first kappa shape index (κ1) is 28.5. The van der Waals surface area contributed by atoms with Gasteiger partial charge in [0.1, 0.15) is 0 Å². The highest BCUT2D eigenvalue weighted by Crippen LogP contribution is 2.50. The zero-order chi connectivity index (χ0) is 27.7. The van der Waals surface area contributed by atoms with Gasteiger partial charge in [0.25, 0.3) is 0 Å². The van der Waals surface area contributed by atoms with Crippen LogP contribution in [0.2, 0.25) is 10.0 Å². The lowest BCUT2D eigenvalue weighted by molar-refractivity contribution is -0.425. The van der Waals surface area contributed by atoms with E-state index in [0.717, 1.165) is 18.7 Å². The Bertz CT molecular complexity index is 1340. The topological polar surface area (TPSA) is 6.25 Å². The second-order valence-electron chi connectivity index (χ2n) is 11.4. The average molecular weight is 549 g/mol. The first-order valence-electron chi connectivity index (χ1n) is 13.7. The van der Waals surface area contributed by atoms with Crippen LogP contribution in [0.3, 0.4) is 0 Å². The summed E-state index contributed by atoms with van der Waals surface area (Å²) in [5.41, 5.74) is 8.54. The molecule has 0 radical (unpaired) electrons. The molecule has 0 atom stereocenters. The van der Waals surface area contributed by atoms with Gasteiger partial charge >= 0.3 is 0 Å². The Labute approximate surface area is 239 Å². The largest absolute Gasteiger partial charge is 0.340 e. The third-order valence-electron chi connectivity index (χ3n) is 8.09. The summed E-state index contributed by atoms with van der Waals surface area (Å²) in [5, 5.41) is 1.16. The van der Waals surface area contributed by atoms with Crippen molar-refractivity contribution in [3.8, 4) is 0 Å². The van der Waals surface area contributed by atoms with Crippen molar-refractivity contribution in [2.24, 2.45) is 0 Å². The highest BCUT2D eigenvalue weighted by atomic mass is 35.5. The first-order valence-corrected chi connectivity index (χ1v) is 14.5. The quantitative estimate of drug-likeness (QED) is 0.163. The number of benzene rings is 2. The van der Waals surface area contributed by atoms with Crippen LogP contribution in [0.4, 0.5) is 11.4 Å². The van der Waals surface area contributed by atoms with Crippen LogP contribution in [-0.4, -0.2) is 23.4 Å². The Kier molecular flexibility index (Phi) is 8.45. The maximum atomic E-state index is 6.43. The molecular formula is C34H41Cl2N2+. The molecular weight excluding hydrogens is 507 g/mol. The van der Waals surface area contributed by atoms with Crippen molar-refractivity contribution in [2.45, 2.75) is 71.1 Å². The van der Waals surface area contributed by atoms with E-state index in [0.29, 0.717) is 16.6 Å². The maximum Gasteiger partial charge on any atom is 0.210 e. The molecule has 0 fully saturated rings. The monoisotopic (exact) mass is 547 g/mol. The van der Waals surface area contributed by atoms with Gasteiger partial charge in [-0.05, 0) is 68.2 Å². The molecule has 0 aromatic heterocycles. The number of fused-ring (bicyclic) bond motifs is 2. The van der Waals surface area contributed by atoms with E-state index in [1.165, 1.54) is 53.0 Å². The fourth-order valence-corrected chi connectivity index (χ4v) is 6.32. The zero-order valence-electron chi connectivity index (χ0n) is 23.6. The Morgan fingerprint density at radius 3 is 2.34 bits per heavy atom. The van der Waals surface area contributed by atoms with Gasteiger partial charge in [-0.3, -0.25) is 0 Å². The maximum absolute atomic E-state index is 6.43. The van der Waals surface area contributed by atoms with Crippen molar-refractivity contribution >= 4 is 40.3 Å². The highest BCUT2D eigenvalue weighted by molar-refractivity contribution is 6.42. The number of unbranched alkanes of at least 4 members (excludes halogenated alkanes) is 2. The normalized spacial score (nSPS) is 18.4. The molecule has 0 bridgehead atoms. The van der Waals surface area contributed by atoms with Crippen LogP contribution >= 0.6 is 23.2 Å². The molecule has 0 spiro atoms. The minimum Gasteiger partial charge on any atom is -0.340 e. The predicted octanol–water partition coefficient (Wildman–Crippen LogP) is 9.71. The Hall–Kier alpha value is -2.55. The molecule has 200 valence electrons. The van der Waals surface area contributed by atoms with E-state index < -0.39 is 0 Å². The van der Waals surface area contributed by atoms with Gasteiger partial charge in [-0.1, -0.05) is 81.6 Å². The lowest BCUT2D eigenvalue weighted by atomic mass is 9.80. The van der Waals surface area contributed by atoms with Crippen molar-refractivity contribution in [1.82, 2.24) is 0 Å². The van der Waals surface area contributed by atoms with Crippen molar-refractivity contribution in [3.05, 3.63) is 106 Å². The minimum atomic E-state index is -0.218. The van der Waals surface area contributed by atoms with E-state index in [4.69, 9.17) is 23.2 Å². The van der Waals surface area contributed by atoms with Gasteiger partial charge in [-0.2, -0.15) is 4.58 Å². The molecule has 2 heterocycles. The van der Waals surface area contributed by atoms with E-state index in [1.54, 1.807) is 0 Å². The second-order valence-corrected chi connectivity index (χ2v) is 12.3. The van der Waals surface area contributed by atoms with E-state index in [1.807, 2.05) is 24.3 Å². The molecule has 38 heavy (non-hydrogen) atoms. The third-order valence-corrected chi connectivity index (χ3v) is 8.81. The molecule has 2 aliphatic heterocycles. The van der Waals surface area contributed by atoms with Crippen LogP contribution in [0.25, 0.3) is 0 Å². The number of nitrogens with zero attached hydrogens (tertiary/aromatic N) is 2. The summed E-state index contributed by atoms with van der Waals surface area (Å²) < 4.78 is 2.41. The van der Waals surface area contributed by atoms with Gasteiger partial charge in [0, 0.05) is 41.1 Å². The summed E-state index contributed by atoms with van der Waals surface area (Å²) in [5.74, 6) is 0. The predicted molar refractivity (Wildman–Crippen MR) is 167 cm³/mol. The van der Waals surface area contributed by atoms with Gasteiger partial charge in [0.05, 0.1) is 15.5 Å². The molecule has 2 aromatic rings. The Balaban J connectivity index is 1.73. The molecule has 4 heteroatoms. The molecule has 0 N–H and O–H groups in total. The fourth-order valence-electron chi connectivity index (χ4n) is 6.00. The van der Waals surface area contributed by atoms with Crippen LogP contribution in [0.1, 0.15) is 70.6 Å². The Morgan fingerprint density at radius 2 is 1.66 bits per heavy atom. The lowest BCUT2D eigenvalue weighted by Crippen LogP contribution is -2.28. The standard InChI is InChI=1S/C34H41Cl2N2/c1-8-11-12-14-24-17-18-29-25(21-24)33(4,5)31(37(29)19-9-2)15-13-16-32-34(6,7)26-22-27(35)28(36)23-30(26)38(32)20-10-3/h9-10,13,15-18,21-23H,2-3,8,11-12,14,19-20H2,1,4-7H3/q+1. The van der Waals surface area contributed by atoms with E-state index >= 15 is 0 Å². The van der Waals surface area contributed by atoms with Gasteiger partial charge in [0.15, 0.2) is 12.3 Å². The van der Waals surface area contributed by atoms with E-state index in [9.17, 15) is 0 Å². The van der Waals surface area contributed by atoms with Crippen molar-refractivity contribution < 1.29 is 4.58 Å². The number of halogens is 2. The van der Waals surface area contributed by atoms with Crippen LogP contribution in [0, 0.1) is 0 Å². The number of aryl methyl sites for hydroxylation is 1. The van der Waals surface area contributed by atoms with Crippen LogP contribution in [0.15, 0.2) is 79.6 Å². The van der Waals surface area contributed by atoms with Gasteiger partial charge in [0.2, 0.25) is 5.69 Å². The summed E-state index contributed by atoms with van der Waals surface area (Å²) in [7, 11) is 0. The van der Waals surface area contributed by atoms with Crippen LogP contribution in [0.5, 0.6) is 0 Å². The summed E-state index contributed by atoms with van der Waals surface area (Å²) in [6, 6.07) is 11.0. The van der Waals surface area contributed by atoms with Crippen LogP contribution in [-0.2, 0) is 17.3 Å². The molecule has 0 unspecified atom stereocenters. The summed E-state index contributed by atoms with van der Waals surface area (Å²) in [6.07, 6.45) is 15.5. The van der Waals surface area contributed by atoms with Gasteiger partial charge < -0.3 is 4.90 Å². The molecule has 2 aromatic carbocycles. The summed E-state index contributed by atoms with van der Waals surface area (Å²) in [6.45, 7) is 20.9. The zero-order valence-corrected chi connectivity index (χ0v) is 25.1. The molecule has 4 rings (SSSR count). The van der Waals surface area contributed by atoms with Gasteiger partial charge in [-0.25, -0.2) is 0 Å². The average Bonchev–Trinajstić information content (AvgIpc) is 3.19. The van der Waals surface area contributed by atoms with Crippen molar-refractivity contribution in [3.63, 3.8) is 0 Å². The van der Waals surface area contributed by atoms with E-state index in [-0.39, 0.29) is 10.8 Å². The summed E-state index contributed by atoms with van der Waals surface area (Å²) in [4.78, 5) is 2.29. The number of hydrogen-bond donors (Lipinski definition) is 0. The number of rotatable bonds is 10. The molecule has 2 nitrogen and oxygen atoms in total.